The van der Waals surface area contributed by atoms with Crippen molar-refractivity contribution in [2.24, 2.45) is 5.14 Å². The third-order valence-electron chi connectivity index (χ3n) is 4.68. The Bertz CT molecular complexity index is 1210. The van der Waals surface area contributed by atoms with Crippen LogP contribution in [-0.4, -0.2) is 15.5 Å². The second-order valence-corrected chi connectivity index (χ2v) is 9.25. The summed E-state index contributed by atoms with van der Waals surface area (Å²) in [5.41, 5.74) is 3.81. The van der Waals surface area contributed by atoms with Gasteiger partial charge in [-0.15, -0.1) is 0 Å². The van der Waals surface area contributed by atoms with Crippen LogP contribution >= 0.6 is 23.2 Å². The molecule has 0 saturated carbocycles. The van der Waals surface area contributed by atoms with Crippen LogP contribution < -0.4 is 14.6 Å². The molecule has 150 valence electrons. The molecule has 0 saturated heterocycles. The minimum atomic E-state index is -3.68. The minimum absolute atomic E-state index is 0.271. The standard InChI is InChI=1S/C21H17Cl2NO4S/c1-27-18-9-15(23)10-19-20(18)16-6-5-12(11-29(24,25)26)7-17(16)21(28-19)13-3-2-4-14(22)8-13/h2-10,21H,11H2,1H3,(H2,24,25,26). The van der Waals surface area contributed by atoms with Crippen LogP contribution in [0.4, 0.5) is 0 Å². The average Bonchev–Trinajstić information content (AvgIpc) is 2.65. The Hall–Kier alpha value is -2.25. The molecule has 8 heteroatoms. The maximum atomic E-state index is 11.6. The van der Waals surface area contributed by atoms with Gasteiger partial charge in [-0.25, -0.2) is 13.6 Å². The van der Waals surface area contributed by atoms with Gasteiger partial charge in [0.2, 0.25) is 10.0 Å². The first-order valence-electron chi connectivity index (χ1n) is 8.68. The lowest BCUT2D eigenvalue weighted by Crippen LogP contribution is -2.18. The molecule has 0 amide bonds. The van der Waals surface area contributed by atoms with Gasteiger partial charge in [-0.05, 0) is 41.0 Å². The largest absolute Gasteiger partial charge is 0.496 e. The molecule has 29 heavy (non-hydrogen) atoms. The maximum absolute atomic E-state index is 11.6. The zero-order valence-electron chi connectivity index (χ0n) is 15.4. The van der Waals surface area contributed by atoms with Gasteiger partial charge in [-0.2, -0.15) is 0 Å². The highest BCUT2D eigenvalue weighted by Gasteiger charge is 2.31. The van der Waals surface area contributed by atoms with Gasteiger partial charge in [0, 0.05) is 15.6 Å². The summed E-state index contributed by atoms with van der Waals surface area (Å²) in [6, 6.07) is 16.2. The highest BCUT2D eigenvalue weighted by Crippen LogP contribution is 2.50. The summed E-state index contributed by atoms with van der Waals surface area (Å²) >= 11 is 12.4. The number of fused-ring (bicyclic) bond motifs is 3. The zero-order chi connectivity index (χ0) is 20.8. The molecule has 0 spiro atoms. The van der Waals surface area contributed by atoms with Gasteiger partial charge >= 0.3 is 0 Å². The Kier molecular flexibility index (Phi) is 5.21. The molecule has 0 bridgehead atoms. The average molecular weight is 450 g/mol. The second kappa shape index (κ2) is 7.54. The summed E-state index contributed by atoms with van der Waals surface area (Å²) in [5, 5.41) is 6.29. The molecule has 3 aromatic carbocycles. The Morgan fingerprint density at radius 3 is 2.55 bits per heavy atom. The van der Waals surface area contributed by atoms with Crippen LogP contribution in [0.25, 0.3) is 11.1 Å². The van der Waals surface area contributed by atoms with Crippen molar-refractivity contribution in [3.05, 3.63) is 81.3 Å². The number of sulfonamides is 1. The molecule has 5 nitrogen and oxygen atoms in total. The molecule has 0 fully saturated rings. The molecule has 1 aliphatic rings. The highest BCUT2D eigenvalue weighted by atomic mass is 35.5. The van der Waals surface area contributed by atoms with E-state index in [1.807, 2.05) is 24.3 Å². The van der Waals surface area contributed by atoms with Crippen molar-refractivity contribution in [2.75, 3.05) is 7.11 Å². The van der Waals surface area contributed by atoms with Crippen LogP contribution in [0.1, 0.15) is 22.8 Å². The molecule has 2 N–H and O–H groups in total. The number of benzene rings is 3. The number of nitrogens with two attached hydrogens (primary N) is 1. The van der Waals surface area contributed by atoms with Crippen LogP contribution in [0.2, 0.25) is 10.0 Å². The minimum Gasteiger partial charge on any atom is -0.496 e. The molecule has 0 aromatic heterocycles. The predicted octanol–water partition coefficient (Wildman–Crippen LogP) is 4.94. The van der Waals surface area contributed by atoms with Crippen LogP contribution in [0.5, 0.6) is 11.5 Å². The van der Waals surface area contributed by atoms with Crippen LogP contribution in [0.15, 0.2) is 54.6 Å². The quantitative estimate of drug-likeness (QED) is 0.611. The number of methoxy groups -OCH3 is 1. The fourth-order valence-electron chi connectivity index (χ4n) is 3.56. The van der Waals surface area contributed by atoms with Crippen LogP contribution in [0, 0.1) is 0 Å². The summed E-state index contributed by atoms with van der Waals surface area (Å²) in [7, 11) is -2.12. The van der Waals surface area contributed by atoms with Gasteiger partial charge < -0.3 is 9.47 Å². The first-order valence-corrected chi connectivity index (χ1v) is 11.2. The SMILES string of the molecule is COc1cc(Cl)cc2c1-c1ccc(CS(N)(=O)=O)cc1C(c1cccc(Cl)c1)O2. The van der Waals surface area contributed by atoms with E-state index in [0.717, 1.165) is 22.3 Å². The van der Waals surface area contributed by atoms with E-state index in [4.69, 9.17) is 37.8 Å². The van der Waals surface area contributed by atoms with E-state index < -0.39 is 16.1 Å². The lowest BCUT2D eigenvalue weighted by molar-refractivity contribution is 0.242. The van der Waals surface area contributed by atoms with Crippen LogP contribution in [0.3, 0.4) is 0 Å². The monoisotopic (exact) mass is 449 g/mol. The second-order valence-electron chi connectivity index (χ2n) is 6.76. The summed E-state index contributed by atoms with van der Waals surface area (Å²) in [5.74, 6) is 0.871. The fraction of sp³-hybridized carbons (Fsp3) is 0.143. The van der Waals surface area contributed by atoms with Crippen molar-refractivity contribution >= 4 is 33.2 Å². The van der Waals surface area contributed by atoms with E-state index in [9.17, 15) is 8.42 Å². The normalized spacial score (nSPS) is 15.2. The fourth-order valence-corrected chi connectivity index (χ4v) is 4.60. The molecule has 1 aliphatic heterocycles. The van der Waals surface area contributed by atoms with Gasteiger partial charge in [0.15, 0.2) is 0 Å². The molecule has 4 rings (SSSR count). The Morgan fingerprint density at radius 1 is 1.07 bits per heavy atom. The summed E-state index contributed by atoms with van der Waals surface area (Å²) in [6.45, 7) is 0. The first-order chi connectivity index (χ1) is 13.7. The van der Waals surface area contributed by atoms with Gasteiger partial charge in [0.05, 0.1) is 18.4 Å². The molecule has 0 radical (unpaired) electrons. The number of primary sulfonamides is 1. The third kappa shape index (κ3) is 4.07. The summed E-state index contributed by atoms with van der Waals surface area (Å²) in [6.07, 6.45) is -0.500. The van der Waals surface area contributed by atoms with E-state index in [1.54, 1.807) is 37.4 Å². The van der Waals surface area contributed by atoms with Crippen LogP contribution in [-0.2, 0) is 15.8 Å². The number of ether oxygens (including phenoxy) is 2. The van der Waals surface area contributed by atoms with E-state index in [1.165, 1.54) is 0 Å². The van der Waals surface area contributed by atoms with Gasteiger partial charge in [-0.3, -0.25) is 0 Å². The first kappa shape index (κ1) is 20.0. The molecule has 0 aliphatic carbocycles. The lowest BCUT2D eigenvalue weighted by atomic mass is 9.88. The van der Waals surface area contributed by atoms with E-state index in [0.29, 0.717) is 27.1 Å². The smallest absolute Gasteiger partial charge is 0.213 e. The van der Waals surface area contributed by atoms with Crippen molar-refractivity contribution in [1.82, 2.24) is 0 Å². The number of hydrogen-bond acceptors (Lipinski definition) is 4. The molecule has 1 unspecified atom stereocenters. The zero-order valence-corrected chi connectivity index (χ0v) is 17.7. The Labute approximate surface area is 179 Å². The van der Waals surface area contributed by atoms with Gasteiger partial charge in [-0.1, -0.05) is 53.5 Å². The molecule has 1 atom stereocenters. The third-order valence-corrected chi connectivity index (χ3v) is 5.87. The summed E-state index contributed by atoms with van der Waals surface area (Å²) < 4.78 is 35.0. The maximum Gasteiger partial charge on any atom is 0.213 e. The van der Waals surface area contributed by atoms with Crippen molar-refractivity contribution in [3.63, 3.8) is 0 Å². The predicted molar refractivity (Wildman–Crippen MR) is 114 cm³/mol. The van der Waals surface area contributed by atoms with E-state index in [-0.39, 0.29) is 5.75 Å². The molecule has 3 aromatic rings. The number of halogens is 2. The van der Waals surface area contributed by atoms with Crippen molar-refractivity contribution in [3.8, 4) is 22.6 Å². The van der Waals surface area contributed by atoms with Crippen molar-refractivity contribution in [1.29, 1.82) is 0 Å². The number of rotatable bonds is 4. The van der Waals surface area contributed by atoms with Gasteiger partial charge in [0.25, 0.3) is 0 Å². The molecular formula is C21H17Cl2NO4S. The summed E-state index contributed by atoms with van der Waals surface area (Å²) in [4.78, 5) is 0. The molecular weight excluding hydrogens is 433 g/mol. The topological polar surface area (TPSA) is 78.6 Å². The van der Waals surface area contributed by atoms with Gasteiger partial charge in [0.1, 0.15) is 17.6 Å². The highest BCUT2D eigenvalue weighted by molar-refractivity contribution is 7.88. The Balaban J connectivity index is 1.95. The lowest BCUT2D eigenvalue weighted by Gasteiger charge is -2.31. The Morgan fingerprint density at radius 2 is 1.86 bits per heavy atom. The van der Waals surface area contributed by atoms with Crippen molar-refractivity contribution in [2.45, 2.75) is 11.9 Å². The van der Waals surface area contributed by atoms with E-state index in [2.05, 4.69) is 0 Å². The molecule has 1 heterocycles. The number of hydrogen-bond donors (Lipinski definition) is 1. The van der Waals surface area contributed by atoms with Crippen molar-refractivity contribution < 1.29 is 17.9 Å². The van der Waals surface area contributed by atoms with E-state index >= 15 is 0 Å².